The van der Waals surface area contributed by atoms with Gasteiger partial charge in [-0.1, -0.05) is 22.9 Å². The molecule has 3 aromatic rings. The summed E-state index contributed by atoms with van der Waals surface area (Å²) in [5.41, 5.74) is -0.108. The van der Waals surface area contributed by atoms with Crippen LogP contribution in [-0.2, 0) is 10.0 Å². The smallest absolute Gasteiger partial charge is 0.291 e. The maximum absolute atomic E-state index is 13.0. The molecule has 3 rings (SSSR count). The fourth-order valence-electron chi connectivity index (χ4n) is 2.12. The van der Waals surface area contributed by atoms with Gasteiger partial charge in [0.15, 0.2) is 5.01 Å². The lowest BCUT2D eigenvalue weighted by Crippen LogP contribution is -2.16. The van der Waals surface area contributed by atoms with Crippen LogP contribution >= 0.6 is 22.9 Å². The number of sulfonamides is 1. The predicted molar refractivity (Wildman–Crippen MR) is 101 cm³/mol. The third-order valence-electron chi connectivity index (χ3n) is 3.44. The summed E-state index contributed by atoms with van der Waals surface area (Å²) in [7, 11) is -4.11. The van der Waals surface area contributed by atoms with Crippen LogP contribution in [0, 0.1) is 5.82 Å². The number of nitrogens with zero attached hydrogens (tertiary/aromatic N) is 2. The lowest BCUT2D eigenvalue weighted by molar-refractivity contribution is 0.102. The Morgan fingerprint density at radius 3 is 2.41 bits per heavy atom. The number of alkyl halides is 2. The molecule has 0 saturated carbocycles. The number of anilines is 2. The third-order valence-corrected chi connectivity index (χ3v) is 5.99. The molecule has 0 spiro atoms. The van der Waals surface area contributed by atoms with E-state index < -0.39 is 33.2 Å². The Labute approximate surface area is 171 Å². The first kappa shape index (κ1) is 21.0. The fourth-order valence-corrected chi connectivity index (χ4v) is 4.00. The minimum absolute atomic E-state index is 0.0677. The third kappa shape index (κ3) is 5.02. The van der Waals surface area contributed by atoms with Crippen molar-refractivity contribution in [3.8, 4) is 0 Å². The number of amides is 1. The zero-order valence-electron chi connectivity index (χ0n) is 14.1. The highest BCUT2D eigenvalue weighted by molar-refractivity contribution is 7.92. The fraction of sp³-hybridized carbons (Fsp3) is 0.0625. The number of hydrogen-bond donors (Lipinski definition) is 2. The van der Waals surface area contributed by atoms with Crippen LogP contribution in [0.2, 0.25) is 5.02 Å². The summed E-state index contributed by atoms with van der Waals surface area (Å²) in [6.07, 6.45) is -2.84. The molecule has 0 atom stereocenters. The predicted octanol–water partition coefficient (Wildman–Crippen LogP) is 4.32. The van der Waals surface area contributed by atoms with Gasteiger partial charge in [0.2, 0.25) is 5.13 Å². The number of carbonyl (C=O) groups is 1. The molecule has 0 fully saturated rings. The highest BCUT2D eigenvalue weighted by Crippen LogP contribution is 2.27. The molecule has 152 valence electrons. The molecule has 2 aromatic carbocycles. The second kappa shape index (κ2) is 8.35. The van der Waals surface area contributed by atoms with E-state index in [9.17, 15) is 26.4 Å². The molecule has 1 aromatic heterocycles. The molecular formula is C16H10ClF3N4O3S2. The minimum Gasteiger partial charge on any atom is -0.296 e. The van der Waals surface area contributed by atoms with Gasteiger partial charge in [0, 0.05) is 5.69 Å². The summed E-state index contributed by atoms with van der Waals surface area (Å²) in [6, 6.07) is 7.99. The average Bonchev–Trinajstić information content (AvgIpc) is 3.12. The minimum atomic E-state index is -4.11. The van der Waals surface area contributed by atoms with Crippen molar-refractivity contribution in [1.82, 2.24) is 10.2 Å². The second-order valence-corrected chi connectivity index (χ2v) is 8.55. The van der Waals surface area contributed by atoms with Crippen LogP contribution in [-0.4, -0.2) is 24.5 Å². The van der Waals surface area contributed by atoms with Crippen LogP contribution in [0.3, 0.4) is 0 Å². The molecule has 1 amide bonds. The SMILES string of the molecule is O=C(Nc1nnc(C(F)F)s1)c1cc(S(=O)(=O)Nc2ccc(F)cc2)ccc1Cl. The van der Waals surface area contributed by atoms with E-state index in [0.717, 1.165) is 18.2 Å². The molecule has 13 heteroatoms. The topological polar surface area (TPSA) is 101 Å². The Balaban J connectivity index is 1.84. The van der Waals surface area contributed by atoms with Gasteiger partial charge >= 0.3 is 0 Å². The van der Waals surface area contributed by atoms with E-state index in [1.54, 1.807) is 0 Å². The molecule has 2 N–H and O–H groups in total. The van der Waals surface area contributed by atoms with E-state index in [0.29, 0.717) is 11.3 Å². The standard InChI is InChI=1S/C16H10ClF3N4O3S2/c17-12-6-5-10(29(26,27)24-9-3-1-8(18)2-4-9)7-11(12)14(25)21-16-23-22-15(28-16)13(19)20/h1-7,13,24H,(H,21,23,25). The van der Waals surface area contributed by atoms with Gasteiger partial charge < -0.3 is 0 Å². The van der Waals surface area contributed by atoms with Crippen molar-refractivity contribution >= 4 is 49.7 Å². The molecule has 29 heavy (non-hydrogen) atoms. The Hall–Kier alpha value is -2.70. The normalized spacial score (nSPS) is 11.5. The van der Waals surface area contributed by atoms with Crippen LogP contribution < -0.4 is 10.0 Å². The van der Waals surface area contributed by atoms with Crippen molar-refractivity contribution in [1.29, 1.82) is 0 Å². The van der Waals surface area contributed by atoms with Gasteiger partial charge in [-0.25, -0.2) is 21.6 Å². The van der Waals surface area contributed by atoms with Gasteiger partial charge in [-0.05, 0) is 42.5 Å². The zero-order chi connectivity index (χ0) is 21.2. The Morgan fingerprint density at radius 1 is 1.10 bits per heavy atom. The van der Waals surface area contributed by atoms with Crippen molar-refractivity contribution in [2.75, 3.05) is 10.0 Å². The monoisotopic (exact) mass is 462 g/mol. The van der Waals surface area contributed by atoms with Crippen molar-refractivity contribution in [3.05, 3.63) is 63.9 Å². The highest BCUT2D eigenvalue weighted by Gasteiger charge is 2.21. The number of halogens is 4. The number of benzene rings is 2. The Bertz CT molecular complexity index is 1150. The Morgan fingerprint density at radius 2 is 1.79 bits per heavy atom. The van der Waals surface area contributed by atoms with Crippen molar-refractivity contribution in [2.24, 2.45) is 0 Å². The largest absolute Gasteiger partial charge is 0.296 e. The number of rotatable bonds is 6. The van der Waals surface area contributed by atoms with Crippen LogP contribution in [0.4, 0.5) is 24.0 Å². The highest BCUT2D eigenvalue weighted by atomic mass is 35.5. The van der Waals surface area contributed by atoms with Gasteiger partial charge in [-0.2, -0.15) is 0 Å². The van der Waals surface area contributed by atoms with E-state index in [2.05, 4.69) is 20.2 Å². The van der Waals surface area contributed by atoms with E-state index in [4.69, 9.17) is 11.6 Å². The quantitative estimate of drug-likeness (QED) is 0.568. The summed E-state index contributed by atoms with van der Waals surface area (Å²) in [5, 5.41) is 8.05. The molecule has 0 aliphatic carbocycles. The van der Waals surface area contributed by atoms with Gasteiger partial charge in [0.25, 0.3) is 22.4 Å². The maximum Gasteiger partial charge on any atom is 0.291 e. The van der Waals surface area contributed by atoms with Crippen molar-refractivity contribution in [2.45, 2.75) is 11.3 Å². The first-order chi connectivity index (χ1) is 13.7. The van der Waals surface area contributed by atoms with Crippen LogP contribution in [0.25, 0.3) is 0 Å². The second-order valence-electron chi connectivity index (χ2n) is 5.45. The molecule has 0 aliphatic rings. The van der Waals surface area contributed by atoms with Crippen LogP contribution in [0.15, 0.2) is 47.4 Å². The molecule has 0 aliphatic heterocycles. The lowest BCUT2D eigenvalue weighted by atomic mass is 10.2. The zero-order valence-corrected chi connectivity index (χ0v) is 16.5. The summed E-state index contributed by atoms with van der Waals surface area (Å²) in [6.45, 7) is 0. The summed E-state index contributed by atoms with van der Waals surface area (Å²) in [4.78, 5) is 12.1. The van der Waals surface area contributed by atoms with Gasteiger partial charge in [0.1, 0.15) is 5.82 Å². The van der Waals surface area contributed by atoms with Gasteiger partial charge in [-0.15, -0.1) is 10.2 Å². The number of aromatic nitrogens is 2. The van der Waals surface area contributed by atoms with Gasteiger partial charge in [-0.3, -0.25) is 14.8 Å². The first-order valence-electron chi connectivity index (χ1n) is 7.66. The Kier molecular flexibility index (Phi) is 6.05. The lowest BCUT2D eigenvalue weighted by Gasteiger charge is -2.10. The molecule has 0 bridgehead atoms. The van der Waals surface area contributed by atoms with Crippen molar-refractivity contribution in [3.63, 3.8) is 0 Å². The number of hydrogen-bond acceptors (Lipinski definition) is 6. The molecule has 1 heterocycles. The molecule has 0 saturated heterocycles. The molecule has 0 radical (unpaired) electrons. The first-order valence-corrected chi connectivity index (χ1v) is 10.3. The average molecular weight is 463 g/mol. The molecule has 0 unspecified atom stereocenters. The van der Waals surface area contributed by atoms with E-state index in [1.165, 1.54) is 24.3 Å². The van der Waals surface area contributed by atoms with Gasteiger partial charge in [0.05, 0.1) is 15.5 Å². The van der Waals surface area contributed by atoms with E-state index in [1.807, 2.05) is 0 Å². The molecular weight excluding hydrogens is 453 g/mol. The van der Waals surface area contributed by atoms with Crippen LogP contribution in [0.1, 0.15) is 21.8 Å². The molecule has 7 nitrogen and oxygen atoms in total. The summed E-state index contributed by atoms with van der Waals surface area (Å²) < 4.78 is 65.4. The van der Waals surface area contributed by atoms with E-state index >= 15 is 0 Å². The van der Waals surface area contributed by atoms with Crippen LogP contribution in [0.5, 0.6) is 0 Å². The summed E-state index contributed by atoms with van der Waals surface area (Å²) >= 11 is 6.44. The number of carbonyl (C=O) groups excluding carboxylic acids is 1. The number of nitrogens with one attached hydrogen (secondary N) is 2. The maximum atomic E-state index is 13.0. The van der Waals surface area contributed by atoms with Crippen molar-refractivity contribution < 1.29 is 26.4 Å². The van der Waals surface area contributed by atoms with E-state index in [-0.39, 0.29) is 26.3 Å². The summed E-state index contributed by atoms with van der Waals surface area (Å²) in [5.74, 6) is -1.39.